The number of carbonyl (C=O) groups is 3. The van der Waals surface area contributed by atoms with E-state index in [1.807, 2.05) is 64.1 Å². The Morgan fingerprint density at radius 2 is 1.55 bits per heavy atom. The Bertz CT molecular complexity index is 1600. The normalized spacial score (nSPS) is 16.6. The molecule has 47 heavy (non-hydrogen) atoms. The number of benzene rings is 3. The van der Waals surface area contributed by atoms with Crippen molar-refractivity contribution < 1.29 is 28.6 Å². The third kappa shape index (κ3) is 10.1. The Hall–Kier alpha value is -4.27. The fraction of sp³-hybridized carbons (Fsp3) is 0.368. The van der Waals surface area contributed by atoms with Gasteiger partial charge in [0.1, 0.15) is 17.5 Å². The van der Waals surface area contributed by atoms with Gasteiger partial charge in [-0.05, 0) is 80.8 Å². The molecule has 248 valence electrons. The van der Waals surface area contributed by atoms with Gasteiger partial charge in [-0.2, -0.15) is 0 Å². The quantitative estimate of drug-likeness (QED) is 0.161. The third-order valence-corrected chi connectivity index (χ3v) is 8.56. The zero-order valence-electron chi connectivity index (χ0n) is 27.4. The minimum absolute atomic E-state index is 0.0173. The largest absolute Gasteiger partial charge is 0.480 e. The van der Waals surface area contributed by atoms with Crippen molar-refractivity contribution in [2.75, 3.05) is 6.54 Å². The van der Waals surface area contributed by atoms with E-state index in [2.05, 4.69) is 4.98 Å². The summed E-state index contributed by atoms with van der Waals surface area (Å²) < 4.78 is 12.2. The molecule has 1 heterocycles. The zero-order valence-corrected chi connectivity index (χ0v) is 28.2. The predicted octanol–water partition coefficient (Wildman–Crippen LogP) is 8.35. The molecule has 0 unspecified atom stereocenters. The maximum atomic E-state index is 13.4. The van der Waals surface area contributed by atoms with Crippen LogP contribution in [0.3, 0.4) is 0 Å². The Kier molecular flexibility index (Phi) is 12.9. The number of halogens is 1. The number of carboxylic acids is 1. The number of hydrogen-bond donors (Lipinski definition) is 1. The second-order valence-corrected chi connectivity index (χ2v) is 12.7. The average Bonchev–Trinajstić information content (AvgIpc) is 3.44. The van der Waals surface area contributed by atoms with Gasteiger partial charge < -0.3 is 19.2 Å². The van der Waals surface area contributed by atoms with Crippen molar-refractivity contribution in [2.24, 2.45) is 11.8 Å². The van der Waals surface area contributed by atoms with E-state index < -0.39 is 17.3 Å². The van der Waals surface area contributed by atoms with Crippen LogP contribution in [0.2, 0.25) is 0 Å². The number of nitrogens with zero attached hydrogens (tertiary/aromatic N) is 2. The van der Waals surface area contributed by atoms with Crippen LogP contribution in [0.5, 0.6) is 0 Å². The lowest BCUT2D eigenvalue weighted by molar-refractivity contribution is -0.144. The van der Waals surface area contributed by atoms with Crippen LogP contribution in [0.15, 0.2) is 89.3 Å². The van der Waals surface area contributed by atoms with Crippen LogP contribution >= 0.6 is 11.6 Å². The fourth-order valence-electron chi connectivity index (χ4n) is 5.83. The molecule has 0 aliphatic heterocycles. The lowest BCUT2D eigenvalue weighted by Gasteiger charge is -2.37. The lowest BCUT2D eigenvalue weighted by atomic mass is 9.86. The standard InChI is InChI=1S/C31H38N2O5.C7H5ClO/c1-20(2)28(31(35)36)33(30(34)25-10-6-5-7-11-25)18-23-9-8-12-26(17-23)37-19-27-22(4)38-29(32-27)24-15-13-21(3)14-16-24;8-7(9)6-4-2-1-3-5-6/h5-7,10-11,13-16,20,23,26,28H,8-9,12,17-19H2,1-4H3,(H,35,36);1-5H/t23-,26+,28-;/m0./s1. The van der Waals surface area contributed by atoms with Crippen LogP contribution in [0.1, 0.15) is 77.3 Å². The summed E-state index contributed by atoms with van der Waals surface area (Å²) in [5.74, 6) is 0.0625. The van der Waals surface area contributed by atoms with Crippen molar-refractivity contribution >= 4 is 28.7 Å². The molecule has 5 rings (SSSR count). The summed E-state index contributed by atoms with van der Waals surface area (Å²) in [4.78, 5) is 42.3. The van der Waals surface area contributed by atoms with Crippen molar-refractivity contribution in [1.29, 1.82) is 0 Å². The number of aliphatic carboxylic acids is 1. The minimum Gasteiger partial charge on any atom is -0.480 e. The zero-order chi connectivity index (χ0) is 33.9. The third-order valence-electron chi connectivity index (χ3n) is 8.34. The molecule has 1 aliphatic rings. The van der Waals surface area contributed by atoms with Crippen molar-refractivity contribution in [1.82, 2.24) is 9.88 Å². The monoisotopic (exact) mass is 658 g/mol. The van der Waals surface area contributed by atoms with Gasteiger partial charge in [-0.25, -0.2) is 9.78 Å². The average molecular weight is 659 g/mol. The summed E-state index contributed by atoms with van der Waals surface area (Å²) in [6, 6.07) is 24.9. The molecule has 0 spiro atoms. The van der Waals surface area contributed by atoms with E-state index in [1.165, 1.54) is 5.56 Å². The summed E-state index contributed by atoms with van der Waals surface area (Å²) in [6.07, 6.45) is 3.61. The molecule has 0 bridgehead atoms. The Balaban J connectivity index is 0.000000479. The summed E-state index contributed by atoms with van der Waals surface area (Å²) in [5, 5.41) is 9.58. The van der Waals surface area contributed by atoms with E-state index >= 15 is 0 Å². The summed E-state index contributed by atoms with van der Waals surface area (Å²) >= 11 is 5.16. The Labute approximate surface area is 281 Å². The second-order valence-electron chi connectivity index (χ2n) is 12.3. The SMILES string of the molecule is Cc1ccc(-c2nc(CO[C@@H]3CCC[C@H](CN(C(=O)c4ccccc4)[C@H](C(=O)O)C(C)C)C3)c(C)o2)cc1.O=C(Cl)c1ccccc1. The number of carbonyl (C=O) groups excluding carboxylic acids is 2. The molecule has 1 saturated carbocycles. The first kappa shape index (κ1) is 35.6. The van der Waals surface area contributed by atoms with Gasteiger partial charge in [0.2, 0.25) is 5.89 Å². The molecule has 1 aliphatic carbocycles. The van der Waals surface area contributed by atoms with Gasteiger partial charge >= 0.3 is 5.97 Å². The highest BCUT2D eigenvalue weighted by Gasteiger charge is 2.36. The van der Waals surface area contributed by atoms with Gasteiger partial charge in [0.25, 0.3) is 11.1 Å². The van der Waals surface area contributed by atoms with Crippen LogP contribution in [-0.4, -0.2) is 50.8 Å². The van der Waals surface area contributed by atoms with Crippen LogP contribution in [0.4, 0.5) is 0 Å². The number of aromatic nitrogens is 1. The highest BCUT2D eigenvalue weighted by molar-refractivity contribution is 6.67. The molecule has 9 heteroatoms. The molecule has 1 aromatic heterocycles. The first-order chi connectivity index (χ1) is 22.5. The summed E-state index contributed by atoms with van der Waals surface area (Å²) in [7, 11) is 0. The molecule has 0 radical (unpaired) electrons. The fourth-order valence-corrected chi connectivity index (χ4v) is 5.96. The van der Waals surface area contributed by atoms with E-state index in [1.54, 1.807) is 53.4 Å². The van der Waals surface area contributed by atoms with Gasteiger partial charge in [-0.15, -0.1) is 0 Å². The summed E-state index contributed by atoms with van der Waals surface area (Å²) in [6.45, 7) is 8.39. The second kappa shape index (κ2) is 17.0. The maximum Gasteiger partial charge on any atom is 0.326 e. The molecule has 1 N–H and O–H groups in total. The van der Waals surface area contributed by atoms with Gasteiger partial charge in [-0.1, -0.05) is 86.5 Å². The Morgan fingerprint density at radius 3 is 2.11 bits per heavy atom. The molecule has 3 atom stereocenters. The first-order valence-electron chi connectivity index (χ1n) is 16.0. The highest BCUT2D eigenvalue weighted by atomic mass is 35.5. The van der Waals surface area contributed by atoms with Crippen molar-refractivity contribution in [3.8, 4) is 11.5 Å². The van der Waals surface area contributed by atoms with Gasteiger partial charge in [0, 0.05) is 23.2 Å². The number of amides is 1. The van der Waals surface area contributed by atoms with Crippen molar-refractivity contribution in [2.45, 2.75) is 72.1 Å². The number of carboxylic acid groups (broad SMARTS) is 1. The number of hydrogen-bond acceptors (Lipinski definition) is 6. The van der Waals surface area contributed by atoms with Gasteiger partial charge in [-0.3, -0.25) is 9.59 Å². The Morgan fingerprint density at radius 1 is 0.936 bits per heavy atom. The van der Waals surface area contributed by atoms with E-state index in [9.17, 15) is 19.5 Å². The number of aryl methyl sites for hydroxylation is 2. The van der Waals surface area contributed by atoms with Gasteiger partial charge in [0.05, 0.1) is 12.7 Å². The molecular weight excluding hydrogens is 616 g/mol. The van der Waals surface area contributed by atoms with E-state index in [4.69, 9.17) is 20.8 Å². The number of ether oxygens (including phenoxy) is 1. The molecule has 3 aromatic carbocycles. The maximum absolute atomic E-state index is 13.4. The lowest BCUT2D eigenvalue weighted by Crippen LogP contribution is -2.50. The van der Waals surface area contributed by atoms with E-state index in [0.29, 0.717) is 30.2 Å². The van der Waals surface area contributed by atoms with E-state index in [0.717, 1.165) is 42.7 Å². The smallest absolute Gasteiger partial charge is 0.326 e. The molecule has 0 saturated heterocycles. The highest BCUT2D eigenvalue weighted by Crippen LogP contribution is 2.30. The van der Waals surface area contributed by atoms with Crippen molar-refractivity contribution in [3.05, 3.63) is 113 Å². The minimum atomic E-state index is -0.973. The van der Waals surface area contributed by atoms with Crippen LogP contribution < -0.4 is 0 Å². The topological polar surface area (TPSA) is 110 Å². The van der Waals surface area contributed by atoms with Gasteiger partial charge in [0.15, 0.2) is 0 Å². The molecular formula is C38H43ClN2O6. The molecule has 8 nitrogen and oxygen atoms in total. The number of rotatable bonds is 11. The van der Waals surface area contributed by atoms with Crippen molar-refractivity contribution in [3.63, 3.8) is 0 Å². The molecule has 1 amide bonds. The first-order valence-corrected chi connectivity index (χ1v) is 16.4. The molecule has 1 fully saturated rings. The molecule has 4 aromatic rings. The summed E-state index contributed by atoms with van der Waals surface area (Å²) in [5.41, 5.74) is 3.95. The van der Waals surface area contributed by atoms with Crippen LogP contribution in [0, 0.1) is 25.7 Å². The van der Waals surface area contributed by atoms with Crippen LogP contribution in [-0.2, 0) is 16.1 Å². The van der Waals surface area contributed by atoms with E-state index in [-0.39, 0.29) is 23.8 Å². The predicted molar refractivity (Wildman–Crippen MR) is 182 cm³/mol. The van der Waals surface area contributed by atoms with Crippen LogP contribution in [0.25, 0.3) is 11.5 Å². The number of oxazole rings is 1.